The lowest BCUT2D eigenvalue weighted by molar-refractivity contribution is 0.372. The number of benzene rings is 1. The number of aromatic nitrogens is 2. The highest BCUT2D eigenvalue weighted by atomic mass is 16.5. The molecule has 5 nitrogen and oxygen atoms in total. The molecular weight excluding hydrogens is 254 g/mol. The van der Waals surface area contributed by atoms with Crippen molar-refractivity contribution >= 4 is 0 Å². The van der Waals surface area contributed by atoms with Crippen LogP contribution < -0.4 is 10.1 Å². The van der Waals surface area contributed by atoms with Crippen LogP contribution in [0.1, 0.15) is 29.8 Å². The van der Waals surface area contributed by atoms with E-state index in [2.05, 4.69) is 24.3 Å². The van der Waals surface area contributed by atoms with Crippen molar-refractivity contribution in [2.75, 3.05) is 7.11 Å². The topological polar surface area (TPSA) is 59.3 Å². The fourth-order valence-electron chi connectivity index (χ4n) is 2.15. The lowest BCUT2D eigenvalue weighted by Crippen LogP contribution is -2.18. The van der Waals surface area contributed by atoms with E-state index in [1.807, 2.05) is 30.1 Å². The number of hydrogen-bond acceptors (Lipinski definition) is 4. The zero-order chi connectivity index (χ0) is 14.7. The van der Waals surface area contributed by atoms with E-state index in [9.17, 15) is 5.11 Å². The largest absolute Gasteiger partial charge is 0.504 e. The van der Waals surface area contributed by atoms with E-state index in [-0.39, 0.29) is 11.8 Å². The summed E-state index contributed by atoms with van der Waals surface area (Å²) >= 11 is 0. The van der Waals surface area contributed by atoms with Gasteiger partial charge in [-0.05, 0) is 31.5 Å². The molecule has 0 bridgehead atoms. The molecule has 0 aliphatic rings. The molecule has 0 radical (unpaired) electrons. The first-order valence-corrected chi connectivity index (χ1v) is 6.60. The van der Waals surface area contributed by atoms with E-state index in [1.165, 1.54) is 5.56 Å². The number of nitrogens with one attached hydrogen (secondary N) is 1. The summed E-state index contributed by atoms with van der Waals surface area (Å²) in [6.07, 6.45) is 1.89. The number of aromatic hydroxyl groups is 1. The Morgan fingerprint density at radius 2 is 2.20 bits per heavy atom. The van der Waals surface area contributed by atoms with Crippen LogP contribution >= 0.6 is 0 Å². The summed E-state index contributed by atoms with van der Waals surface area (Å²) in [5.74, 6) is 0.655. The molecule has 2 N–H and O–H groups in total. The second-order valence-corrected chi connectivity index (χ2v) is 4.92. The highest BCUT2D eigenvalue weighted by molar-refractivity contribution is 5.41. The maximum absolute atomic E-state index is 9.57. The standard InChI is InChI=1S/C15H21N3O2/c1-10(13-9-17-18(3)11(13)2)16-8-12-5-6-14(19)15(7-12)20-4/h5-7,9-10,16,19H,8H2,1-4H3. The molecule has 1 atom stereocenters. The second-order valence-electron chi connectivity index (χ2n) is 4.92. The zero-order valence-electron chi connectivity index (χ0n) is 12.3. The van der Waals surface area contributed by atoms with Crippen molar-refractivity contribution < 1.29 is 9.84 Å². The molecular formula is C15H21N3O2. The quantitative estimate of drug-likeness (QED) is 0.879. The molecule has 0 saturated heterocycles. The van der Waals surface area contributed by atoms with Gasteiger partial charge in [0.1, 0.15) is 0 Å². The average Bonchev–Trinajstić information content (AvgIpc) is 2.78. The first-order valence-electron chi connectivity index (χ1n) is 6.60. The Morgan fingerprint density at radius 3 is 2.80 bits per heavy atom. The third-order valence-electron chi connectivity index (χ3n) is 3.60. The van der Waals surface area contributed by atoms with Gasteiger partial charge in [-0.3, -0.25) is 4.68 Å². The zero-order valence-corrected chi connectivity index (χ0v) is 12.3. The molecule has 1 aromatic heterocycles. The molecule has 1 aromatic carbocycles. The van der Waals surface area contributed by atoms with E-state index >= 15 is 0 Å². The van der Waals surface area contributed by atoms with Gasteiger partial charge in [-0.2, -0.15) is 5.10 Å². The first-order chi connectivity index (χ1) is 9.52. The maximum Gasteiger partial charge on any atom is 0.160 e. The van der Waals surface area contributed by atoms with Gasteiger partial charge < -0.3 is 15.2 Å². The third kappa shape index (κ3) is 2.93. The predicted molar refractivity (Wildman–Crippen MR) is 77.9 cm³/mol. The molecule has 0 saturated carbocycles. The SMILES string of the molecule is COc1cc(CNC(C)c2cnn(C)c2C)ccc1O. The minimum atomic E-state index is 0.160. The summed E-state index contributed by atoms with van der Waals surface area (Å²) < 4.78 is 6.98. The molecule has 1 unspecified atom stereocenters. The number of aryl methyl sites for hydroxylation is 1. The van der Waals surface area contributed by atoms with Crippen LogP contribution in [-0.4, -0.2) is 22.0 Å². The monoisotopic (exact) mass is 275 g/mol. The van der Waals surface area contributed by atoms with Gasteiger partial charge in [-0.15, -0.1) is 0 Å². The third-order valence-corrected chi connectivity index (χ3v) is 3.60. The van der Waals surface area contributed by atoms with Crippen LogP contribution in [0.25, 0.3) is 0 Å². The molecule has 0 aliphatic heterocycles. The van der Waals surface area contributed by atoms with Gasteiger partial charge in [0.25, 0.3) is 0 Å². The van der Waals surface area contributed by atoms with E-state index in [0.29, 0.717) is 12.3 Å². The Labute approximate surface area is 119 Å². The van der Waals surface area contributed by atoms with Gasteiger partial charge in [0.05, 0.1) is 13.3 Å². The molecule has 0 fully saturated rings. The van der Waals surface area contributed by atoms with Crippen LogP contribution in [0.4, 0.5) is 0 Å². The molecule has 0 spiro atoms. The number of methoxy groups -OCH3 is 1. The van der Waals surface area contributed by atoms with Crippen molar-refractivity contribution in [1.82, 2.24) is 15.1 Å². The van der Waals surface area contributed by atoms with Crippen LogP contribution in [0.3, 0.4) is 0 Å². The highest BCUT2D eigenvalue weighted by Gasteiger charge is 2.11. The van der Waals surface area contributed by atoms with E-state index in [0.717, 1.165) is 11.3 Å². The Hall–Kier alpha value is -2.01. The van der Waals surface area contributed by atoms with Gasteiger partial charge >= 0.3 is 0 Å². The Bertz CT molecular complexity index is 593. The van der Waals surface area contributed by atoms with Crippen molar-refractivity contribution in [2.24, 2.45) is 7.05 Å². The second kappa shape index (κ2) is 5.96. The van der Waals surface area contributed by atoms with Crippen molar-refractivity contribution in [2.45, 2.75) is 26.4 Å². The summed E-state index contributed by atoms with van der Waals surface area (Å²) in [6, 6.07) is 5.58. The average molecular weight is 275 g/mol. The Kier molecular flexibility index (Phi) is 4.29. The van der Waals surface area contributed by atoms with E-state index in [4.69, 9.17) is 4.74 Å². The smallest absolute Gasteiger partial charge is 0.160 e. The minimum absolute atomic E-state index is 0.160. The van der Waals surface area contributed by atoms with Gasteiger partial charge in [0, 0.05) is 30.9 Å². The van der Waals surface area contributed by atoms with Gasteiger partial charge in [0.2, 0.25) is 0 Å². The summed E-state index contributed by atoms with van der Waals surface area (Å²) in [5.41, 5.74) is 3.42. The lowest BCUT2D eigenvalue weighted by Gasteiger charge is -2.14. The summed E-state index contributed by atoms with van der Waals surface area (Å²) in [4.78, 5) is 0. The first kappa shape index (κ1) is 14.4. The maximum atomic E-state index is 9.57. The van der Waals surface area contributed by atoms with Gasteiger partial charge in [-0.1, -0.05) is 6.07 Å². The number of phenols is 1. The van der Waals surface area contributed by atoms with Crippen LogP contribution in [0.2, 0.25) is 0 Å². The van der Waals surface area contributed by atoms with Gasteiger partial charge in [0.15, 0.2) is 11.5 Å². The summed E-state index contributed by atoms with van der Waals surface area (Å²) in [5, 5.41) is 17.3. The summed E-state index contributed by atoms with van der Waals surface area (Å²) in [6.45, 7) is 4.87. The van der Waals surface area contributed by atoms with Crippen LogP contribution in [0, 0.1) is 6.92 Å². The highest BCUT2D eigenvalue weighted by Crippen LogP contribution is 2.26. The van der Waals surface area contributed by atoms with E-state index < -0.39 is 0 Å². The Balaban J connectivity index is 2.03. The van der Waals surface area contributed by atoms with Crippen LogP contribution in [0.5, 0.6) is 11.5 Å². The number of phenolic OH excluding ortho intramolecular Hbond substituents is 1. The van der Waals surface area contributed by atoms with E-state index in [1.54, 1.807) is 13.2 Å². The number of ether oxygens (including phenoxy) is 1. The Morgan fingerprint density at radius 1 is 1.45 bits per heavy atom. The van der Waals surface area contributed by atoms with Gasteiger partial charge in [-0.25, -0.2) is 0 Å². The van der Waals surface area contributed by atoms with Crippen molar-refractivity contribution in [3.8, 4) is 11.5 Å². The normalized spacial score (nSPS) is 12.4. The summed E-state index contributed by atoms with van der Waals surface area (Å²) in [7, 11) is 3.49. The van der Waals surface area contributed by atoms with Crippen molar-refractivity contribution in [3.05, 3.63) is 41.2 Å². The van der Waals surface area contributed by atoms with Crippen molar-refractivity contribution in [3.63, 3.8) is 0 Å². The van der Waals surface area contributed by atoms with Crippen LogP contribution in [0.15, 0.2) is 24.4 Å². The number of rotatable bonds is 5. The van der Waals surface area contributed by atoms with Crippen LogP contribution in [-0.2, 0) is 13.6 Å². The molecule has 20 heavy (non-hydrogen) atoms. The number of nitrogens with zero attached hydrogens (tertiary/aromatic N) is 2. The molecule has 1 heterocycles. The molecule has 2 rings (SSSR count). The fourth-order valence-corrected chi connectivity index (χ4v) is 2.15. The molecule has 0 aliphatic carbocycles. The molecule has 5 heteroatoms. The minimum Gasteiger partial charge on any atom is -0.504 e. The predicted octanol–water partition coefficient (Wildman–Crippen LogP) is 2.29. The molecule has 2 aromatic rings. The lowest BCUT2D eigenvalue weighted by atomic mass is 10.1. The molecule has 0 amide bonds. The fraction of sp³-hybridized carbons (Fsp3) is 0.400. The van der Waals surface area contributed by atoms with Crippen molar-refractivity contribution in [1.29, 1.82) is 0 Å². The molecule has 108 valence electrons. The number of hydrogen-bond donors (Lipinski definition) is 2.